The van der Waals surface area contributed by atoms with E-state index in [2.05, 4.69) is 36.2 Å². The number of ether oxygens (including phenoxy) is 1. The van der Waals surface area contributed by atoms with Crippen LogP contribution in [0.3, 0.4) is 0 Å². The van der Waals surface area contributed by atoms with Crippen molar-refractivity contribution in [3.8, 4) is 11.3 Å². The summed E-state index contributed by atoms with van der Waals surface area (Å²) >= 11 is 0. The molecule has 0 aliphatic carbocycles. The Morgan fingerprint density at radius 2 is 1.92 bits per heavy atom. The molecule has 2 heterocycles. The van der Waals surface area contributed by atoms with E-state index >= 15 is 0 Å². The normalized spacial score (nSPS) is 13.5. The number of hydrogen-bond acceptors (Lipinski definition) is 3. The summed E-state index contributed by atoms with van der Waals surface area (Å²) in [5, 5.41) is 0. The molecule has 0 saturated carbocycles. The van der Waals surface area contributed by atoms with Gasteiger partial charge in [-0.3, -0.25) is 4.79 Å². The Morgan fingerprint density at radius 3 is 2.58 bits per heavy atom. The summed E-state index contributed by atoms with van der Waals surface area (Å²) < 4.78 is 7.17. The van der Waals surface area contributed by atoms with E-state index < -0.39 is 0 Å². The summed E-state index contributed by atoms with van der Waals surface area (Å²) in [7, 11) is 0. The van der Waals surface area contributed by atoms with E-state index in [1.54, 1.807) is 0 Å². The molecule has 0 N–H and O–H groups in total. The van der Waals surface area contributed by atoms with Crippen molar-refractivity contribution in [1.29, 1.82) is 0 Å². The maximum Gasteiger partial charge on any atom is 0.308 e. The van der Waals surface area contributed by atoms with Gasteiger partial charge >= 0.3 is 5.97 Å². The molecule has 1 aromatic carbocycles. The maximum atomic E-state index is 11.9. The molecule has 0 spiro atoms. The number of imidazole rings is 1. The molecule has 0 aliphatic heterocycles. The van der Waals surface area contributed by atoms with E-state index in [9.17, 15) is 4.79 Å². The fraction of sp³-hybridized carbons (Fsp3) is 0.364. The maximum absolute atomic E-state index is 11.9. The van der Waals surface area contributed by atoms with Gasteiger partial charge < -0.3 is 9.14 Å². The van der Waals surface area contributed by atoms with Crippen molar-refractivity contribution in [3.05, 3.63) is 60.4 Å². The van der Waals surface area contributed by atoms with Gasteiger partial charge in [-0.2, -0.15) is 0 Å². The third-order valence-electron chi connectivity index (χ3n) is 4.86. The lowest BCUT2D eigenvalue weighted by Crippen LogP contribution is -2.17. The Bertz CT molecular complexity index is 834. The molecule has 2 atom stereocenters. The summed E-state index contributed by atoms with van der Waals surface area (Å²) in [4.78, 5) is 16.6. The Balaban J connectivity index is 1.75. The van der Waals surface area contributed by atoms with Crippen molar-refractivity contribution in [2.45, 2.75) is 39.5 Å². The lowest BCUT2D eigenvalue weighted by atomic mass is 9.87. The fourth-order valence-electron chi connectivity index (χ4n) is 3.35. The van der Waals surface area contributed by atoms with Crippen molar-refractivity contribution < 1.29 is 9.53 Å². The van der Waals surface area contributed by atoms with Gasteiger partial charge in [-0.1, -0.05) is 44.2 Å². The van der Waals surface area contributed by atoms with Crippen LogP contribution in [0.15, 0.2) is 54.9 Å². The van der Waals surface area contributed by atoms with Crippen LogP contribution in [-0.4, -0.2) is 22.0 Å². The number of rotatable bonds is 7. The SMILES string of the molecule is CCOC(=O)C(C)CC(CC)c1ccc(-c2cn3ccccc3n2)cc1. The van der Waals surface area contributed by atoms with Gasteiger partial charge in [0.1, 0.15) is 5.65 Å². The van der Waals surface area contributed by atoms with Crippen LogP contribution in [0.4, 0.5) is 0 Å². The van der Waals surface area contributed by atoms with Crippen LogP contribution in [0.5, 0.6) is 0 Å². The number of fused-ring (bicyclic) bond motifs is 1. The molecule has 0 saturated heterocycles. The molecule has 0 aliphatic rings. The highest BCUT2D eigenvalue weighted by atomic mass is 16.5. The molecule has 2 unspecified atom stereocenters. The topological polar surface area (TPSA) is 43.6 Å². The van der Waals surface area contributed by atoms with Crippen LogP contribution in [0.25, 0.3) is 16.9 Å². The van der Waals surface area contributed by atoms with E-state index in [0.717, 1.165) is 29.7 Å². The predicted molar refractivity (Wildman–Crippen MR) is 104 cm³/mol. The molecule has 26 heavy (non-hydrogen) atoms. The number of aromatic nitrogens is 2. The zero-order chi connectivity index (χ0) is 18.5. The molecule has 0 bridgehead atoms. The van der Waals surface area contributed by atoms with Crippen LogP contribution in [-0.2, 0) is 9.53 Å². The second-order valence-electron chi connectivity index (χ2n) is 6.71. The molecule has 4 heteroatoms. The first-order valence-electron chi connectivity index (χ1n) is 9.33. The van der Waals surface area contributed by atoms with Gasteiger partial charge in [0.2, 0.25) is 0 Å². The van der Waals surface area contributed by atoms with Crippen LogP contribution in [0.1, 0.15) is 45.1 Å². The lowest BCUT2D eigenvalue weighted by molar-refractivity contribution is -0.147. The summed E-state index contributed by atoms with van der Waals surface area (Å²) in [5.74, 6) is 0.162. The minimum Gasteiger partial charge on any atom is -0.466 e. The van der Waals surface area contributed by atoms with Crippen molar-refractivity contribution in [2.24, 2.45) is 5.92 Å². The third kappa shape index (κ3) is 3.96. The summed E-state index contributed by atoms with van der Waals surface area (Å²) in [6.07, 6.45) is 5.86. The van der Waals surface area contributed by atoms with Gasteiger partial charge in [0, 0.05) is 18.0 Å². The fourth-order valence-corrected chi connectivity index (χ4v) is 3.35. The van der Waals surface area contributed by atoms with E-state index in [4.69, 9.17) is 4.74 Å². The highest BCUT2D eigenvalue weighted by Gasteiger charge is 2.20. The second-order valence-corrected chi connectivity index (χ2v) is 6.71. The van der Waals surface area contributed by atoms with Crippen LogP contribution < -0.4 is 0 Å². The lowest BCUT2D eigenvalue weighted by Gasteiger charge is -2.19. The van der Waals surface area contributed by atoms with Gasteiger partial charge in [-0.05, 0) is 43.4 Å². The minimum absolute atomic E-state index is 0.0852. The molecule has 136 valence electrons. The van der Waals surface area contributed by atoms with Crippen LogP contribution >= 0.6 is 0 Å². The van der Waals surface area contributed by atoms with Gasteiger partial charge in [-0.15, -0.1) is 0 Å². The zero-order valence-corrected chi connectivity index (χ0v) is 15.7. The average Bonchev–Trinajstić information content (AvgIpc) is 3.10. The third-order valence-corrected chi connectivity index (χ3v) is 4.86. The van der Waals surface area contributed by atoms with Gasteiger partial charge in [0.25, 0.3) is 0 Å². The van der Waals surface area contributed by atoms with E-state index in [-0.39, 0.29) is 11.9 Å². The monoisotopic (exact) mass is 350 g/mol. The van der Waals surface area contributed by atoms with Gasteiger partial charge in [0.15, 0.2) is 0 Å². The van der Waals surface area contributed by atoms with Gasteiger partial charge in [-0.25, -0.2) is 4.98 Å². The summed E-state index contributed by atoms with van der Waals surface area (Å²) in [5.41, 5.74) is 4.28. The van der Waals surface area contributed by atoms with Crippen molar-refractivity contribution >= 4 is 11.6 Å². The molecule has 4 nitrogen and oxygen atoms in total. The first kappa shape index (κ1) is 18.2. The second kappa shape index (κ2) is 8.17. The summed E-state index contributed by atoms with van der Waals surface area (Å²) in [6.45, 7) is 6.40. The molecule has 0 amide bonds. The van der Waals surface area contributed by atoms with E-state index in [1.807, 2.05) is 48.8 Å². The summed E-state index contributed by atoms with van der Waals surface area (Å²) in [6, 6.07) is 14.5. The molecular formula is C22H26N2O2. The Kier molecular flexibility index (Phi) is 5.71. The molecule has 0 radical (unpaired) electrons. The highest BCUT2D eigenvalue weighted by Crippen LogP contribution is 2.29. The first-order chi connectivity index (χ1) is 12.6. The highest BCUT2D eigenvalue weighted by molar-refractivity contribution is 5.72. The first-order valence-corrected chi connectivity index (χ1v) is 9.33. The van der Waals surface area contributed by atoms with E-state index in [0.29, 0.717) is 12.5 Å². The predicted octanol–water partition coefficient (Wildman–Crippen LogP) is 5.08. The Labute approximate surface area is 154 Å². The van der Waals surface area contributed by atoms with Crippen molar-refractivity contribution in [1.82, 2.24) is 9.38 Å². The number of hydrogen-bond donors (Lipinski definition) is 0. The number of pyridine rings is 1. The zero-order valence-electron chi connectivity index (χ0n) is 15.7. The minimum atomic E-state index is -0.104. The van der Waals surface area contributed by atoms with Gasteiger partial charge in [0.05, 0.1) is 18.2 Å². The smallest absolute Gasteiger partial charge is 0.308 e. The standard InChI is InChI=1S/C22H26N2O2/c1-4-17(14-16(3)22(25)26-5-2)18-9-11-19(12-10-18)20-15-24-13-7-6-8-21(24)23-20/h6-13,15-17H,4-5,14H2,1-3H3. The Morgan fingerprint density at radius 1 is 1.15 bits per heavy atom. The number of benzene rings is 1. The molecule has 3 aromatic rings. The molecular weight excluding hydrogens is 324 g/mol. The number of esters is 1. The average molecular weight is 350 g/mol. The van der Waals surface area contributed by atoms with Crippen molar-refractivity contribution in [2.75, 3.05) is 6.61 Å². The molecule has 0 fully saturated rings. The number of nitrogens with zero attached hydrogens (tertiary/aromatic N) is 2. The van der Waals surface area contributed by atoms with Crippen molar-refractivity contribution in [3.63, 3.8) is 0 Å². The quantitative estimate of drug-likeness (QED) is 0.558. The van der Waals surface area contributed by atoms with Crippen LogP contribution in [0.2, 0.25) is 0 Å². The molecule has 2 aromatic heterocycles. The number of carbonyl (C=O) groups excluding carboxylic acids is 1. The molecule has 3 rings (SSSR count). The number of carbonyl (C=O) groups is 1. The van der Waals surface area contributed by atoms with E-state index in [1.165, 1.54) is 5.56 Å². The Hall–Kier alpha value is -2.62. The van der Waals surface area contributed by atoms with Crippen LogP contribution in [0, 0.1) is 5.92 Å². The largest absolute Gasteiger partial charge is 0.466 e.